The second-order valence-corrected chi connectivity index (χ2v) is 4.91. The zero-order valence-electron chi connectivity index (χ0n) is 7.57. The number of rotatable bonds is 3. The van der Waals surface area contributed by atoms with Gasteiger partial charge in [0, 0.05) is 5.02 Å². The van der Waals surface area contributed by atoms with E-state index in [9.17, 15) is 8.42 Å². The minimum atomic E-state index is -3.65. The first-order chi connectivity index (χ1) is 6.94. The molecule has 7 heteroatoms. The lowest BCUT2D eigenvalue weighted by atomic mass is 10.3. The van der Waals surface area contributed by atoms with Gasteiger partial charge in [0.1, 0.15) is 0 Å². The maximum Gasteiger partial charge on any atom is 0.246 e. The Morgan fingerprint density at radius 2 is 2.20 bits per heavy atom. The van der Waals surface area contributed by atoms with Crippen LogP contribution in [0.4, 0.5) is 11.4 Å². The molecule has 0 saturated carbocycles. The summed E-state index contributed by atoms with van der Waals surface area (Å²) in [4.78, 5) is 0. The standard InChI is InChI=1S/C8H8ClN3O2S/c9-6-1-2-8(7(11)5-6)12-15(13,14)4-3-10/h1-2,5,12H,4,11H2. The highest BCUT2D eigenvalue weighted by atomic mass is 35.5. The van der Waals surface area contributed by atoms with E-state index in [0.717, 1.165) is 0 Å². The van der Waals surface area contributed by atoms with Crippen molar-refractivity contribution in [2.24, 2.45) is 0 Å². The van der Waals surface area contributed by atoms with Crippen LogP contribution in [-0.4, -0.2) is 14.2 Å². The summed E-state index contributed by atoms with van der Waals surface area (Å²) in [6.45, 7) is 0. The van der Waals surface area contributed by atoms with Gasteiger partial charge in [-0.25, -0.2) is 8.42 Å². The van der Waals surface area contributed by atoms with Crippen LogP contribution in [0.25, 0.3) is 0 Å². The third kappa shape index (κ3) is 3.31. The van der Waals surface area contributed by atoms with E-state index in [4.69, 9.17) is 22.6 Å². The maximum absolute atomic E-state index is 11.2. The summed E-state index contributed by atoms with van der Waals surface area (Å²) in [6, 6.07) is 5.90. The molecule has 0 heterocycles. The molecule has 0 bridgehead atoms. The van der Waals surface area contributed by atoms with Crippen molar-refractivity contribution in [1.29, 1.82) is 5.26 Å². The molecule has 1 rings (SSSR count). The fraction of sp³-hybridized carbons (Fsp3) is 0.125. The number of nitrogens with one attached hydrogen (secondary N) is 1. The lowest BCUT2D eigenvalue weighted by Gasteiger charge is -2.07. The molecule has 0 aliphatic rings. The Morgan fingerprint density at radius 1 is 1.53 bits per heavy atom. The van der Waals surface area contributed by atoms with Crippen molar-refractivity contribution in [3.63, 3.8) is 0 Å². The van der Waals surface area contributed by atoms with E-state index < -0.39 is 15.8 Å². The van der Waals surface area contributed by atoms with Crippen LogP contribution in [0.2, 0.25) is 5.02 Å². The SMILES string of the molecule is N#CCS(=O)(=O)Nc1ccc(Cl)cc1N. The van der Waals surface area contributed by atoms with Crippen molar-refractivity contribution in [2.75, 3.05) is 16.2 Å². The number of anilines is 2. The van der Waals surface area contributed by atoms with Crippen molar-refractivity contribution in [3.8, 4) is 6.07 Å². The number of hydrogen-bond acceptors (Lipinski definition) is 4. The molecular formula is C8H8ClN3O2S. The van der Waals surface area contributed by atoms with Crippen LogP contribution in [0, 0.1) is 11.3 Å². The molecule has 3 N–H and O–H groups in total. The van der Waals surface area contributed by atoms with Gasteiger partial charge in [-0.05, 0) is 18.2 Å². The Morgan fingerprint density at radius 3 is 2.73 bits per heavy atom. The second kappa shape index (κ2) is 4.38. The lowest BCUT2D eigenvalue weighted by molar-refractivity contribution is 0.604. The molecule has 0 radical (unpaired) electrons. The van der Waals surface area contributed by atoms with Gasteiger partial charge in [-0.1, -0.05) is 11.6 Å². The second-order valence-electron chi connectivity index (χ2n) is 2.75. The Bertz CT molecular complexity index is 507. The Kier molecular flexibility index (Phi) is 3.39. The lowest BCUT2D eigenvalue weighted by Crippen LogP contribution is -2.16. The zero-order valence-corrected chi connectivity index (χ0v) is 9.14. The van der Waals surface area contributed by atoms with E-state index in [0.29, 0.717) is 5.02 Å². The number of nitrogens with zero attached hydrogens (tertiary/aromatic N) is 1. The first-order valence-electron chi connectivity index (χ1n) is 3.87. The third-order valence-electron chi connectivity index (χ3n) is 1.53. The predicted octanol–water partition coefficient (Wildman–Crippen LogP) is 1.19. The van der Waals surface area contributed by atoms with Crippen molar-refractivity contribution in [1.82, 2.24) is 0 Å². The fourth-order valence-corrected chi connectivity index (χ4v) is 1.86. The van der Waals surface area contributed by atoms with Crippen LogP contribution in [-0.2, 0) is 10.0 Å². The average Bonchev–Trinajstić information content (AvgIpc) is 2.09. The van der Waals surface area contributed by atoms with E-state index in [1.54, 1.807) is 6.07 Å². The van der Waals surface area contributed by atoms with Crippen LogP contribution in [0.3, 0.4) is 0 Å². The molecule has 0 atom stereocenters. The highest BCUT2D eigenvalue weighted by molar-refractivity contribution is 7.92. The maximum atomic E-state index is 11.2. The van der Waals surface area contributed by atoms with Crippen LogP contribution in [0.5, 0.6) is 0 Å². The summed E-state index contributed by atoms with van der Waals surface area (Å²) < 4.78 is 24.6. The van der Waals surface area contributed by atoms with Gasteiger partial charge in [0.15, 0.2) is 5.75 Å². The molecule has 1 aromatic carbocycles. The molecule has 0 saturated heterocycles. The highest BCUT2D eigenvalue weighted by Crippen LogP contribution is 2.23. The van der Waals surface area contributed by atoms with Crippen LogP contribution < -0.4 is 10.5 Å². The molecule has 0 amide bonds. The van der Waals surface area contributed by atoms with Crippen molar-refractivity contribution < 1.29 is 8.42 Å². The van der Waals surface area contributed by atoms with Gasteiger partial charge >= 0.3 is 0 Å². The molecule has 0 unspecified atom stereocenters. The van der Waals surface area contributed by atoms with E-state index in [-0.39, 0.29) is 11.4 Å². The highest BCUT2D eigenvalue weighted by Gasteiger charge is 2.11. The summed E-state index contributed by atoms with van der Waals surface area (Å²) in [6.07, 6.45) is 0. The number of nitriles is 1. The summed E-state index contributed by atoms with van der Waals surface area (Å²) in [5.41, 5.74) is 5.96. The van der Waals surface area contributed by atoms with E-state index in [2.05, 4.69) is 4.72 Å². The molecule has 0 fully saturated rings. The van der Waals surface area contributed by atoms with Crippen LogP contribution in [0.1, 0.15) is 0 Å². The monoisotopic (exact) mass is 245 g/mol. The first-order valence-corrected chi connectivity index (χ1v) is 5.90. The van der Waals surface area contributed by atoms with Gasteiger partial charge in [-0.2, -0.15) is 5.26 Å². The number of halogens is 1. The van der Waals surface area contributed by atoms with Gasteiger partial charge in [0.25, 0.3) is 0 Å². The third-order valence-corrected chi connectivity index (χ3v) is 2.81. The summed E-state index contributed by atoms with van der Waals surface area (Å²) in [5.74, 6) is -0.616. The van der Waals surface area contributed by atoms with Gasteiger partial charge < -0.3 is 5.73 Å². The van der Waals surface area contributed by atoms with Crippen molar-refractivity contribution >= 4 is 33.0 Å². The quantitative estimate of drug-likeness (QED) is 0.782. The number of nitrogens with two attached hydrogens (primary N) is 1. The minimum Gasteiger partial charge on any atom is -0.397 e. The molecule has 15 heavy (non-hydrogen) atoms. The van der Waals surface area contributed by atoms with E-state index in [1.165, 1.54) is 18.2 Å². The topological polar surface area (TPSA) is 96.0 Å². The molecular weight excluding hydrogens is 238 g/mol. The van der Waals surface area contributed by atoms with E-state index in [1.807, 2.05) is 0 Å². The molecule has 5 nitrogen and oxygen atoms in total. The average molecular weight is 246 g/mol. The Hall–Kier alpha value is -1.45. The molecule has 0 aliphatic carbocycles. The number of sulfonamides is 1. The predicted molar refractivity (Wildman–Crippen MR) is 58.9 cm³/mol. The van der Waals surface area contributed by atoms with Gasteiger partial charge in [-0.3, -0.25) is 4.72 Å². The summed E-state index contributed by atoms with van der Waals surface area (Å²) in [7, 11) is -3.65. The normalized spacial score (nSPS) is 10.7. The van der Waals surface area contributed by atoms with Gasteiger partial charge in [0.05, 0.1) is 17.4 Å². The largest absolute Gasteiger partial charge is 0.397 e. The van der Waals surface area contributed by atoms with Crippen molar-refractivity contribution in [3.05, 3.63) is 23.2 Å². The minimum absolute atomic E-state index is 0.212. The van der Waals surface area contributed by atoms with E-state index >= 15 is 0 Å². The first kappa shape index (κ1) is 11.6. The molecule has 0 aliphatic heterocycles. The van der Waals surface area contributed by atoms with Crippen molar-refractivity contribution in [2.45, 2.75) is 0 Å². The molecule has 0 aromatic heterocycles. The summed E-state index contributed by atoms with van der Waals surface area (Å²) in [5, 5.41) is 8.68. The number of nitrogen functional groups attached to an aromatic ring is 1. The van der Waals surface area contributed by atoms with Crippen LogP contribution >= 0.6 is 11.6 Å². The van der Waals surface area contributed by atoms with Gasteiger partial charge in [0.2, 0.25) is 10.0 Å². The van der Waals surface area contributed by atoms with Crippen LogP contribution in [0.15, 0.2) is 18.2 Å². The Balaban J connectivity index is 2.96. The molecule has 0 spiro atoms. The Labute approximate surface area is 92.5 Å². The fourth-order valence-electron chi connectivity index (χ4n) is 0.915. The number of benzene rings is 1. The zero-order chi connectivity index (χ0) is 11.5. The number of hydrogen-bond donors (Lipinski definition) is 2. The molecule has 1 aromatic rings. The summed E-state index contributed by atoms with van der Waals surface area (Å²) >= 11 is 5.64. The molecule has 80 valence electrons. The van der Waals surface area contributed by atoms with Gasteiger partial charge in [-0.15, -0.1) is 0 Å². The smallest absolute Gasteiger partial charge is 0.246 e.